The van der Waals surface area contributed by atoms with Gasteiger partial charge in [-0.15, -0.1) is 0 Å². The van der Waals surface area contributed by atoms with Crippen LogP contribution in [0.15, 0.2) is 18.2 Å². The van der Waals surface area contributed by atoms with Gasteiger partial charge in [0.2, 0.25) is 0 Å². The second kappa shape index (κ2) is 13.6. The van der Waals surface area contributed by atoms with E-state index in [2.05, 4.69) is 11.8 Å². The standard InChI is InChI=1S/C36H53F6NO2/c1-33-23-30(37)32-28-15-14-27(44)22-25(28)21-24(31(32)29(33)16-18-34(33,2)45)11-6-5-9-19-43-20-10-13-26(43)12-7-3-4-8-17-35(38,39)36(40,41)42/h14-15,22,24,26,29-32,44-45H,3-13,16-21,23H2,1-2H3/t24?,26-,29?,30+,31+,32?,33+,34+/m1/s1. The molecule has 0 aromatic heterocycles. The Morgan fingerprint density at radius 3 is 2.40 bits per heavy atom. The lowest BCUT2D eigenvalue weighted by Crippen LogP contribution is -2.54. The number of alkyl halides is 6. The van der Waals surface area contributed by atoms with Gasteiger partial charge < -0.3 is 15.1 Å². The number of hydrogen-bond acceptors (Lipinski definition) is 3. The Labute approximate surface area is 265 Å². The molecule has 256 valence electrons. The number of nitrogens with zero attached hydrogens (tertiary/aromatic N) is 1. The molecular formula is C36H53F6NO2. The maximum atomic E-state index is 16.1. The minimum absolute atomic E-state index is 0.110. The lowest BCUT2D eigenvalue weighted by Gasteiger charge is -2.56. The highest BCUT2D eigenvalue weighted by atomic mass is 19.4. The maximum absolute atomic E-state index is 16.1. The van der Waals surface area contributed by atoms with E-state index in [1.165, 1.54) is 0 Å². The molecule has 0 radical (unpaired) electrons. The van der Waals surface area contributed by atoms with Crippen LogP contribution in [0.25, 0.3) is 0 Å². The first-order valence-corrected chi connectivity index (χ1v) is 17.5. The average molecular weight is 646 g/mol. The molecule has 45 heavy (non-hydrogen) atoms. The number of aromatic hydroxyl groups is 1. The van der Waals surface area contributed by atoms with Crippen LogP contribution in [0.3, 0.4) is 0 Å². The first-order valence-electron chi connectivity index (χ1n) is 17.5. The molecule has 1 saturated heterocycles. The molecular weight excluding hydrogens is 592 g/mol. The van der Waals surface area contributed by atoms with Gasteiger partial charge in [0.1, 0.15) is 11.9 Å². The monoisotopic (exact) mass is 645 g/mol. The normalized spacial score (nSPS) is 35.3. The topological polar surface area (TPSA) is 43.7 Å². The Balaban J connectivity index is 1.09. The Morgan fingerprint density at radius 1 is 0.933 bits per heavy atom. The summed E-state index contributed by atoms with van der Waals surface area (Å²) in [7, 11) is 0. The summed E-state index contributed by atoms with van der Waals surface area (Å²) >= 11 is 0. The number of rotatable bonds is 13. The summed E-state index contributed by atoms with van der Waals surface area (Å²) in [5.74, 6) is -3.76. The third-order valence-electron chi connectivity index (χ3n) is 12.6. The van der Waals surface area contributed by atoms with Gasteiger partial charge in [0.05, 0.1) is 5.60 Å². The fourth-order valence-electron chi connectivity index (χ4n) is 9.92. The second-order valence-corrected chi connectivity index (χ2v) is 15.3. The van der Waals surface area contributed by atoms with Crippen LogP contribution in [-0.4, -0.2) is 58.1 Å². The van der Waals surface area contributed by atoms with E-state index in [1.807, 2.05) is 19.1 Å². The van der Waals surface area contributed by atoms with Crippen molar-refractivity contribution in [2.24, 2.45) is 23.2 Å². The Hall–Kier alpha value is -1.48. The van der Waals surface area contributed by atoms with Crippen molar-refractivity contribution in [2.75, 3.05) is 13.1 Å². The fourth-order valence-corrected chi connectivity index (χ4v) is 9.92. The zero-order valence-electron chi connectivity index (χ0n) is 27.0. The number of phenolic OH excluding ortho intramolecular Hbond substituents is 1. The molecule has 8 atom stereocenters. The Morgan fingerprint density at radius 2 is 1.64 bits per heavy atom. The van der Waals surface area contributed by atoms with Crippen LogP contribution in [-0.2, 0) is 6.42 Å². The minimum Gasteiger partial charge on any atom is -0.508 e. The van der Waals surface area contributed by atoms with Crippen LogP contribution in [0.4, 0.5) is 26.3 Å². The first-order chi connectivity index (χ1) is 21.1. The zero-order valence-corrected chi connectivity index (χ0v) is 27.0. The number of hydrogen-bond donors (Lipinski definition) is 2. The molecule has 1 aromatic rings. The quantitative estimate of drug-likeness (QED) is 0.166. The zero-order chi connectivity index (χ0) is 32.6. The van der Waals surface area contributed by atoms with Gasteiger partial charge in [0.15, 0.2) is 0 Å². The molecule has 2 saturated carbocycles. The van der Waals surface area contributed by atoms with E-state index in [-0.39, 0.29) is 29.9 Å². The highest BCUT2D eigenvalue weighted by molar-refractivity contribution is 5.41. The van der Waals surface area contributed by atoms with Crippen molar-refractivity contribution in [2.45, 2.75) is 152 Å². The van der Waals surface area contributed by atoms with E-state index in [9.17, 15) is 32.2 Å². The van der Waals surface area contributed by atoms with Gasteiger partial charge in [-0.05, 0) is 125 Å². The third-order valence-corrected chi connectivity index (χ3v) is 12.6. The van der Waals surface area contributed by atoms with Gasteiger partial charge in [-0.25, -0.2) is 4.39 Å². The Kier molecular flexibility index (Phi) is 10.5. The van der Waals surface area contributed by atoms with Gasteiger partial charge >= 0.3 is 12.1 Å². The van der Waals surface area contributed by atoms with E-state index >= 15 is 4.39 Å². The third kappa shape index (κ3) is 7.19. The van der Waals surface area contributed by atoms with Gasteiger partial charge in [-0.1, -0.05) is 45.1 Å². The lowest BCUT2D eigenvalue weighted by atomic mass is 9.50. The number of phenols is 1. The van der Waals surface area contributed by atoms with Gasteiger partial charge in [0, 0.05) is 23.8 Å². The predicted molar refractivity (Wildman–Crippen MR) is 164 cm³/mol. The Bertz CT molecular complexity index is 1140. The molecule has 3 unspecified atom stereocenters. The van der Waals surface area contributed by atoms with Crippen molar-refractivity contribution >= 4 is 0 Å². The molecule has 5 rings (SSSR count). The minimum atomic E-state index is -5.46. The van der Waals surface area contributed by atoms with E-state index in [1.54, 1.807) is 6.07 Å². The lowest BCUT2D eigenvalue weighted by molar-refractivity contribution is -0.284. The first kappa shape index (κ1) is 34.8. The van der Waals surface area contributed by atoms with Crippen LogP contribution in [0.2, 0.25) is 0 Å². The van der Waals surface area contributed by atoms with Gasteiger partial charge in [-0.2, -0.15) is 22.0 Å². The summed E-state index contributed by atoms with van der Waals surface area (Å²) in [6, 6.07) is 5.91. The number of halogens is 6. The molecule has 1 heterocycles. The number of aliphatic hydroxyl groups is 1. The van der Waals surface area contributed by atoms with E-state index in [0.717, 1.165) is 88.4 Å². The SMILES string of the molecule is C[C@]1(O)CCC2[C@@H]3C(CCCCCN4CCC[C@H]4CCCCCCC(F)(F)C(F)(F)F)Cc4cc(O)ccc4C3[C@@H](F)C[C@@]21C. The smallest absolute Gasteiger partial charge is 0.453 e. The summed E-state index contributed by atoms with van der Waals surface area (Å²) in [6.07, 6.45) is 4.49. The highest BCUT2D eigenvalue weighted by Crippen LogP contribution is 2.66. The van der Waals surface area contributed by atoms with Crippen LogP contribution in [0, 0.1) is 23.2 Å². The summed E-state index contributed by atoms with van der Waals surface area (Å²) in [4.78, 5) is 2.52. The molecule has 1 aliphatic heterocycles. The van der Waals surface area contributed by atoms with Crippen molar-refractivity contribution in [3.63, 3.8) is 0 Å². The molecule has 3 aliphatic carbocycles. The molecule has 9 heteroatoms. The van der Waals surface area contributed by atoms with Gasteiger partial charge in [0.25, 0.3) is 0 Å². The van der Waals surface area contributed by atoms with Crippen molar-refractivity contribution in [3.05, 3.63) is 29.3 Å². The molecule has 0 amide bonds. The van der Waals surface area contributed by atoms with Crippen molar-refractivity contribution < 1.29 is 36.6 Å². The number of unbranched alkanes of at least 4 members (excludes halogenated alkanes) is 5. The number of likely N-dealkylation sites (tertiary alicyclic amines) is 1. The highest BCUT2D eigenvalue weighted by Gasteiger charge is 2.63. The molecule has 0 bridgehead atoms. The second-order valence-electron chi connectivity index (χ2n) is 15.3. The molecule has 2 N–H and O–H groups in total. The van der Waals surface area contributed by atoms with Crippen molar-refractivity contribution in [3.8, 4) is 5.75 Å². The molecule has 3 nitrogen and oxygen atoms in total. The number of benzene rings is 1. The van der Waals surface area contributed by atoms with Gasteiger partial charge in [-0.3, -0.25) is 0 Å². The van der Waals surface area contributed by atoms with Crippen molar-refractivity contribution in [1.82, 2.24) is 4.90 Å². The summed E-state index contributed by atoms with van der Waals surface area (Å²) in [5.41, 5.74) is 0.834. The van der Waals surface area contributed by atoms with E-state index in [4.69, 9.17) is 0 Å². The molecule has 0 spiro atoms. The number of fused-ring (bicyclic) bond motifs is 5. The van der Waals surface area contributed by atoms with E-state index < -0.39 is 35.7 Å². The summed E-state index contributed by atoms with van der Waals surface area (Å²) < 4.78 is 79.4. The average Bonchev–Trinajstić information content (AvgIpc) is 3.49. The predicted octanol–water partition coefficient (Wildman–Crippen LogP) is 9.74. The summed E-state index contributed by atoms with van der Waals surface area (Å²) in [6.45, 7) is 6.06. The van der Waals surface area contributed by atoms with Crippen LogP contribution in [0.1, 0.15) is 127 Å². The van der Waals surface area contributed by atoms with Crippen molar-refractivity contribution in [1.29, 1.82) is 0 Å². The fraction of sp³-hybridized carbons (Fsp3) is 0.833. The molecule has 4 aliphatic rings. The summed E-state index contributed by atoms with van der Waals surface area (Å²) in [5, 5.41) is 21.5. The van der Waals surface area contributed by atoms with Crippen LogP contribution >= 0.6 is 0 Å². The van der Waals surface area contributed by atoms with Crippen LogP contribution < -0.4 is 0 Å². The molecule has 3 fully saturated rings. The van der Waals surface area contributed by atoms with Crippen LogP contribution in [0.5, 0.6) is 5.75 Å². The largest absolute Gasteiger partial charge is 0.508 e. The van der Waals surface area contributed by atoms with E-state index in [0.29, 0.717) is 37.6 Å². The maximum Gasteiger partial charge on any atom is 0.453 e. The molecule has 1 aromatic carbocycles.